The van der Waals surface area contributed by atoms with Gasteiger partial charge in [-0.05, 0) is 47.1 Å². The molecule has 0 saturated heterocycles. The van der Waals surface area contributed by atoms with E-state index in [1.54, 1.807) is 6.07 Å². The van der Waals surface area contributed by atoms with E-state index < -0.39 is 0 Å². The summed E-state index contributed by atoms with van der Waals surface area (Å²) in [6.07, 6.45) is 0. The molecular weight excluding hydrogens is 349 g/mol. The molecule has 1 N–H and O–H groups in total. The number of nitrogens with one attached hydrogen (secondary N) is 1. The Morgan fingerprint density at radius 3 is 2.68 bits per heavy atom. The minimum absolute atomic E-state index is 0.167. The summed E-state index contributed by atoms with van der Waals surface area (Å²) < 4.78 is 15.7. The Morgan fingerprint density at radius 2 is 2.16 bits per heavy atom. The number of hydrogen-bond donors (Lipinski definition) is 1. The molecule has 2 aromatic rings. The molecule has 1 heterocycles. The second kappa shape index (κ2) is 6.35. The van der Waals surface area contributed by atoms with E-state index in [0.717, 1.165) is 21.5 Å². The molecule has 0 aliphatic heterocycles. The van der Waals surface area contributed by atoms with Gasteiger partial charge in [0.15, 0.2) is 0 Å². The fourth-order valence-electron chi connectivity index (χ4n) is 1.94. The van der Waals surface area contributed by atoms with Crippen molar-refractivity contribution in [3.63, 3.8) is 0 Å². The zero-order valence-electron chi connectivity index (χ0n) is 10.6. The van der Waals surface area contributed by atoms with Crippen LogP contribution in [0.15, 0.2) is 28.7 Å². The van der Waals surface area contributed by atoms with Crippen molar-refractivity contribution in [1.29, 1.82) is 0 Å². The monoisotopic (exact) mass is 361 g/mol. The number of aryl methyl sites for hydroxylation is 1. The van der Waals surface area contributed by atoms with Crippen LogP contribution < -0.4 is 5.32 Å². The highest BCUT2D eigenvalue weighted by Crippen LogP contribution is 2.38. The molecule has 0 amide bonds. The molecular formula is C14H14BrClFNS. The van der Waals surface area contributed by atoms with E-state index in [-0.39, 0.29) is 11.9 Å². The SMILES string of the molecule is CCNC(c1cc(Br)c(Cl)s1)c1ccc(C)cc1F. The van der Waals surface area contributed by atoms with Gasteiger partial charge in [-0.2, -0.15) is 0 Å². The zero-order valence-corrected chi connectivity index (χ0v) is 13.8. The van der Waals surface area contributed by atoms with Crippen LogP contribution in [0.5, 0.6) is 0 Å². The average Bonchev–Trinajstić information content (AvgIpc) is 2.67. The predicted molar refractivity (Wildman–Crippen MR) is 83.7 cm³/mol. The number of thiophene rings is 1. The highest BCUT2D eigenvalue weighted by atomic mass is 79.9. The van der Waals surface area contributed by atoms with Crippen molar-refractivity contribution >= 4 is 38.9 Å². The van der Waals surface area contributed by atoms with Crippen LogP contribution in [-0.4, -0.2) is 6.54 Å². The molecule has 1 unspecified atom stereocenters. The van der Waals surface area contributed by atoms with Crippen LogP contribution in [0, 0.1) is 12.7 Å². The van der Waals surface area contributed by atoms with Crippen LogP contribution in [0.25, 0.3) is 0 Å². The van der Waals surface area contributed by atoms with Crippen LogP contribution in [0.1, 0.15) is 29.0 Å². The van der Waals surface area contributed by atoms with Gasteiger partial charge in [-0.25, -0.2) is 4.39 Å². The highest BCUT2D eigenvalue weighted by molar-refractivity contribution is 9.10. The van der Waals surface area contributed by atoms with Gasteiger partial charge in [-0.15, -0.1) is 11.3 Å². The normalized spacial score (nSPS) is 12.7. The van der Waals surface area contributed by atoms with E-state index in [2.05, 4.69) is 21.2 Å². The number of halogens is 3. The van der Waals surface area contributed by atoms with Crippen LogP contribution >= 0.6 is 38.9 Å². The number of rotatable bonds is 4. The summed E-state index contributed by atoms with van der Waals surface area (Å²) in [5.74, 6) is -0.188. The summed E-state index contributed by atoms with van der Waals surface area (Å²) in [6, 6.07) is 7.09. The van der Waals surface area contributed by atoms with Crippen molar-refractivity contribution in [3.8, 4) is 0 Å². The van der Waals surface area contributed by atoms with E-state index in [0.29, 0.717) is 9.90 Å². The third-order valence-electron chi connectivity index (χ3n) is 2.82. The van der Waals surface area contributed by atoms with E-state index >= 15 is 0 Å². The molecule has 1 nitrogen and oxygen atoms in total. The average molecular weight is 363 g/mol. The lowest BCUT2D eigenvalue weighted by molar-refractivity contribution is 0.562. The van der Waals surface area contributed by atoms with Gasteiger partial charge in [0.25, 0.3) is 0 Å². The van der Waals surface area contributed by atoms with Crippen LogP contribution in [0.3, 0.4) is 0 Å². The number of hydrogen-bond acceptors (Lipinski definition) is 2. The van der Waals surface area contributed by atoms with Gasteiger partial charge in [0.1, 0.15) is 10.2 Å². The fourth-order valence-corrected chi connectivity index (χ4v) is 3.77. The third-order valence-corrected chi connectivity index (χ3v) is 5.36. The second-order valence-electron chi connectivity index (χ2n) is 4.29. The summed E-state index contributed by atoms with van der Waals surface area (Å²) in [5.41, 5.74) is 1.57. The molecule has 0 saturated carbocycles. The molecule has 0 spiro atoms. The summed E-state index contributed by atoms with van der Waals surface area (Å²) in [4.78, 5) is 1.00. The Balaban J connectivity index is 2.44. The maximum atomic E-state index is 14.1. The lowest BCUT2D eigenvalue weighted by Crippen LogP contribution is -2.22. The molecule has 0 fully saturated rings. The van der Waals surface area contributed by atoms with Crippen molar-refractivity contribution in [2.45, 2.75) is 19.9 Å². The van der Waals surface area contributed by atoms with Gasteiger partial charge < -0.3 is 5.32 Å². The fraction of sp³-hybridized carbons (Fsp3) is 0.286. The van der Waals surface area contributed by atoms with Crippen LogP contribution in [0.4, 0.5) is 4.39 Å². The van der Waals surface area contributed by atoms with E-state index in [9.17, 15) is 4.39 Å². The molecule has 0 bridgehead atoms. The van der Waals surface area contributed by atoms with Crippen molar-refractivity contribution in [3.05, 3.63) is 54.9 Å². The van der Waals surface area contributed by atoms with Gasteiger partial charge in [-0.1, -0.05) is 30.7 Å². The number of benzene rings is 1. The van der Waals surface area contributed by atoms with E-state index in [1.165, 1.54) is 11.3 Å². The van der Waals surface area contributed by atoms with Gasteiger partial charge in [0.2, 0.25) is 0 Å². The minimum atomic E-state index is -0.188. The smallest absolute Gasteiger partial charge is 0.128 e. The molecule has 102 valence electrons. The Bertz CT molecular complexity index is 565. The summed E-state index contributed by atoms with van der Waals surface area (Å²) in [6.45, 7) is 4.64. The van der Waals surface area contributed by atoms with E-state index in [4.69, 9.17) is 11.6 Å². The standard InChI is InChI=1S/C14H14BrClFNS/c1-3-18-13(12-7-10(15)14(16)19-12)9-5-4-8(2)6-11(9)17/h4-7,13,18H,3H2,1-2H3. The minimum Gasteiger partial charge on any atom is -0.306 e. The first kappa shape index (κ1) is 15.0. The lowest BCUT2D eigenvalue weighted by Gasteiger charge is -2.18. The molecule has 1 aromatic heterocycles. The predicted octanol–water partition coefficient (Wildman–Crippen LogP) is 5.31. The van der Waals surface area contributed by atoms with Gasteiger partial charge >= 0.3 is 0 Å². The van der Waals surface area contributed by atoms with Crippen molar-refractivity contribution in [1.82, 2.24) is 5.32 Å². The maximum Gasteiger partial charge on any atom is 0.128 e. The summed E-state index contributed by atoms with van der Waals surface area (Å²) in [5, 5.41) is 3.31. The third kappa shape index (κ3) is 3.37. The maximum absolute atomic E-state index is 14.1. The van der Waals surface area contributed by atoms with E-state index in [1.807, 2.05) is 32.0 Å². The first-order valence-electron chi connectivity index (χ1n) is 5.97. The topological polar surface area (TPSA) is 12.0 Å². The van der Waals surface area contributed by atoms with Gasteiger partial charge in [0.05, 0.1) is 6.04 Å². The molecule has 0 aliphatic rings. The molecule has 2 rings (SSSR count). The second-order valence-corrected chi connectivity index (χ2v) is 6.83. The Morgan fingerprint density at radius 1 is 1.42 bits per heavy atom. The summed E-state index contributed by atoms with van der Waals surface area (Å²) >= 11 is 10.9. The van der Waals surface area contributed by atoms with Gasteiger partial charge in [-0.3, -0.25) is 0 Å². The van der Waals surface area contributed by atoms with Gasteiger partial charge in [0, 0.05) is 14.9 Å². The Hall–Kier alpha value is -0.420. The molecule has 0 radical (unpaired) electrons. The van der Waals surface area contributed by atoms with Crippen molar-refractivity contribution in [2.75, 3.05) is 6.54 Å². The highest BCUT2D eigenvalue weighted by Gasteiger charge is 2.20. The Kier molecular flexibility index (Phi) is 5.01. The molecule has 1 aromatic carbocycles. The molecule has 5 heteroatoms. The zero-order chi connectivity index (χ0) is 14.0. The van der Waals surface area contributed by atoms with Crippen molar-refractivity contribution in [2.24, 2.45) is 0 Å². The largest absolute Gasteiger partial charge is 0.306 e. The quantitative estimate of drug-likeness (QED) is 0.777. The first-order chi connectivity index (χ1) is 9.02. The molecule has 19 heavy (non-hydrogen) atoms. The Labute approximate surface area is 129 Å². The van der Waals surface area contributed by atoms with Crippen molar-refractivity contribution < 1.29 is 4.39 Å². The summed E-state index contributed by atoms with van der Waals surface area (Å²) in [7, 11) is 0. The van der Waals surface area contributed by atoms with Crippen LogP contribution in [-0.2, 0) is 0 Å². The van der Waals surface area contributed by atoms with Crippen LogP contribution in [0.2, 0.25) is 4.34 Å². The molecule has 1 atom stereocenters. The first-order valence-corrected chi connectivity index (χ1v) is 7.95. The lowest BCUT2D eigenvalue weighted by atomic mass is 10.0. The molecule has 0 aliphatic carbocycles.